The van der Waals surface area contributed by atoms with E-state index in [-0.39, 0.29) is 16.9 Å². The third-order valence-corrected chi connectivity index (χ3v) is 4.92. The third-order valence-electron chi connectivity index (χ3n) is 4.92. The zero-order valence-electron chi connectivity index (χ0n) is 16.6. The van der Waals surface area contributed by atoms with Gasteiger partial charge in [0.05, 0.1) is 17.2 Å². The molecule has 0 fully saturated rings. The molecule has 0 aliphatic carbocycles. The molecule has 5 rings (SSSR count). The molecular weight excluding hydrogens is 414 g/mol. The number of imidazole rings is 1. The van der Waals surface area contributed by atoms with Crippen LogP contribution < -0.4 is 10.6 Å². The summed E-state index contributed by atoms with van der Waals surface area (Å²) in [5, 5.41) is 5.95. The topological polar surface area (TPSA) is 84.2 Å². The summed E-state index contributed by atoms with van der Waals surface area (Å²) in [5.74, 6) is -1.74. The molecule has 5 aromatic rings. The SMILES string of the molecule is O=C(Nc1cnc2c(NCc3cccnc3)nc3cc(F)c(F)cc3n12)c1ccccc1. The zero-order chi connectivity index (χ0) is 22.1. The largest absolute Gasteiger partial charge is 0.363 e. The van der Waals surface area contributed by atoms with Crippen LogP contribution in [-0.2, 0) is 6.54 Å². The van der Waals surface area contributed by atoms with E-state index in [0.717, 1.165) is 17.7 Å². The maximum atomic E-state index is 14.1. The first-order chi connectivity index (χ1) is 15.6. The lowest BCUT2D eigenvalue weighted by molar-refractivity contribution is 0.102. The summed E-state index contributed by atoms with van der Waals surface area (Å²) in [6.45, 7) is 0.393. The minimum Gasteiger partial charge on any atom is -0.363 e. The molecule has 3 heterocycles. The number of nitrogens with one attached hydrogen (secondary N) is 2. The molecule has 0 radical (unpaired) electrons. The lowest BCUT2D eigenvalue weighted by Crippen LogP contribution is -2.14. The highest BCUT2D eigenvalue weighted by Gasteiger charge is 2.18. The normalized spacial score (nSPS) is 11.1. The van der Waals surface area contributed by atoms with Crippen LogP contribution >= 0.6 is 0 Å². The monoisotopic (exact) mass is 430 g/mol. The number of amides is 1. The van der Waals surface area contributed by atoms with Gasteiger partial charge < -0.3 is 10.6 Å². The van der Waals surface area contributed by atoms with Crippen LogP contribution in [0.5, 0.6) is 0 Å². The number of benzene rings is 2. The molecule has 158 valence electrons. The Morgan fingerprint density at radius 3 is 2.59 bits per heavy atom. The van der Waals surface area contributed by atoms with Crippen molar-refractivity contribution in [1.82, 2.24) is 19.4 Å². The maximum Gasteiger partial charge on any atom is 0.256 e. The van der Waals surface area contributed by atoms with Crippen molar-refractivity contribution in [1.29, 1.82) is 0 Å². The van der Waals surface area contributed by atoms with Gasteiger partial charge in [0.25, 0.3) is 5.91 Å². The van der Waals surface area contributed by atoms with Gasteiger partial charge in [0, 0.05) is 36.6 Å². The molecule has 0 aliphatic heterocycles. The summed E-state index contributed by atoms with van der Waals surface area (Å²) < 4.78 is 29.6. The summed E-state index contributed by atoms with van der Waals surface area (Å²) in [4.78, 5) is 25.6. The molecule has 9 heteroatoms. The second kappa shape index (κ2) is 8.03. The minimum absolute atomic E-state index is 0.207. The number of nitrogens with zero attached hydrogens (tertiary/aromatic N) is 4. The highest BCUT2D eigenvalue weighted by Crippen LogP contribution is 2.27. The van der Waals surface area contributed by atoms with Gasteiger partial charge in [0.2, 0.25) is 0 Å². The Morgan fingerprint density at radius 1 is 1.00 bits per heavy atom. The molecule has 0 unspecified atom stereocenters. The number of hydrogen-bond donors (Lipinski definition) is 2. The average molecular weight is 430 g/mol. The van der Waals surface area contributed by atoms with Gasteiger partial charge in [0.1, 0.15) is 5.82 Å². The summed E-state index contributed by atoms with van der Waals surface area (Å²) in [5.41, 5.74) is 2.19. The number of hydrogen-bond acceptors (Lipinski definition) is 5. The lowest BCUT2D eigenvalue weighted by atomic mass is 10.2. The predicted molar refractivity (Wildman–Crippen MR) is 116 cm³/mol. The van der Waals surface area contributed by atoms with E-state index in [0.29, 0.717) is 29.4 Å². The Balaban J connectivity index is 1.61. The summed E-state index contributed by atoms with van der Waals surface area (Å²) in [6, 6.07) is 14.4. The first kappa shape index (κ1) is 19.6. The van der Waals surface area contributed by atoms with Gasteiger partial charge in [-0.15, -0.1) is 0 Å². The molecule has 0 bridgehead atoms. The van der Waals surface area contributed by atoms with Crippen molar-refractivity contribution in [3.63, 3.8) is 0 Å². The molecule has 0 saturated carbocycles. The van der Waals surface area contributed by atoms with Crippen LogP contribution in [0.2, 0.25) is 0 Å². The van der Waals surface area contributed by atoms with Crippen LogP contribution in [0.25, 0.3) is 16.7 Å². The predicted octanol–water partition coefficient (Wildman–Crippen LogP) is 4.42. The van der Waals surface area contributed by atoms with Crippen LogP contribution in [0, 0.1) is 11.6 Å². The maximum absolute atomic E-state index is 14.1. The van der Waals surface area contributed by atoms with Crippen LogP contribution in [0.3, 0.4) is 0 Å². The molecule has 0 saturated heterocycles. The van der Waals surface area contributed by atoms with Crippen LogP contribution in [0.15, 0.2) is 73.2 Å². The van der Waals surface area contributed by atoms with Crippen molar-refractivity contribution in [2.24, 2.45) is 0 Å². The lowest BCUT2D eigenvalue weighted by Gasteiger charge is -2.12. The van der Waals surface area contributed by atoms with Crippen molar-refractivity contribution < 1.29 is 13.6 Å². The molecule has 0 aliphatic rings. The molecule has 3 aromatic heterocycles. The molecule has 0 atom stereocenters. The molecular formula is C23H16F2N6O. The second-order valence-electron chi connectivity index (χ2n) is 7.05. The Labute approximate surface area is 180 Å². The van der Waals surface area contributed by atoms with Crippen LogP contribution in [-0.4, -0.2) is 25.3 Å². The summed E-state index contributed by atoms with van der Waals surface area (Å²) >= 11 is 0. The number of carbonyl (C=O) groups is 1. The summed E-state index contributed by atoms with van der Waals surface area (Å²) in [7, 11) is 0. The van der Waals surface area contributed by atoms with E-state index >= 15 is 0 Å². The third kappa shape index (κ3) is 3.60. The number of anilines is 2. The Bertz CT molecular complexity index is 1440. The van der Waals surface area contributed by atoms with Gasteiger partial charge in [0.15, 0.2) is 23.1 Å². The minimum atomic E-state index is -1.02. The van der Waals surface area contributed by atoms with E-state index in [1.54, 1.807) is 36.7 Å². The fourth-order valence-electron chi connectivity index (χ4n) is 3.40. The van der Waals surface area contributed by atoms with E-state index in [1.807, 2.05) is 18.2 Å². The number of carbonyl (C=O) groups excluding carboxylic acids is 1. The van der Waals surface area contributed by atoms with Crippen molar-refractivity contribution in [3.8, 4) is 0 Å². The van der Waals surface area contributed by atoms with Crippen LogP contribution in [0.4, 0.5) is 20.4 Å². The standard InChI is InChI=1S/C23H16F2N6O/c24-16-9-18-19(10-17(16)25)31-20(30-23(32)15-6-2-1-3-7-15)13-28-22(31)21(29-18)27-12-14-5-4-8-26-11-14/h1-11,13H,12H2,(H,27,29)(H,30,32). The molecule has 1 amide bonds. The second-order valence-corrected chi connectivity index (χ2v) is 7.05. The molecule has 7 nitrogen and oxygen atoms in total. The van der Waals surface area contributed by atoms with Crippen molar-refractivity contribution in [2.75, 3.05) is 10.6 Å². The number of halogens is 2. The quantitative estimate of drug-likeness (QED) is 0.431. The number of rotatable bonds is 5. The average Bonchev–Trinajstić information content (AvgIpc) is 3.24. The van der Waals surface area contributed by atoms with E-state index in [2.05, 4.69) is 25.6 Å². The smallest absolute Gasteiger partial charge is 0.256 e. The molecule has 32 heavy (non-hydrogen) atoms. The van der Waals surface area contributed by atoms with Gasteiger partial charge in [-0.1, -0.05) is 24.3 Å². The fraction of sp³-hybridized carbons (Fsp3) is 0.0435. The van der Waals surface area contributed by atoms with Crippen molar-refractivity contribution in [3.05, 3.63) is 95.9 Å². The molecule has 2 aromatic carbocycles. The number of fused-ring (bicyclic) bond motifs is 3. The van der Waals surface area contributed by atoms with Gasteiger partial charge in [-0.3, -0.25) is 14.2 Å². The van der Waals surface area contributed by atoms with Gasteiger partial charge in [-0.2, -0.15) is 0 Å². The fourth-order valence-corrected chi connectivity index (χ4v) is 3.40. The molecule has 2 N–H and O–H groups in total. The van der Waals surface area contributed by atoms with E-state index in [4.69, 9.17) is 0 Å². The Morgan fingerprint density at radius 2 is 1.81 bits per heavy atom. The van der Waals surface area contributed by atoms with Crippen molar-refractivity contribution >= 4 is 34.2 Å². The summed E-state index contributed by atoms with van der Waals surface area (Å²) in [6.07, 6.45) is 4.83. The van der Waals surface area contributed by atoms with Crippen LogP contribution in [0.1, 0.15) is 15.9 Å². The zero-order valence-corrected chi connectivity index (χ0v) is 16.6. The van der Waals surface area contributed by atoms with E-state index in [1.165, 1.54) is 10.6 Å². The number of pyridine rings is 1. The highest BCUT2D eigenvalue weighted by molar-refractivity contribution is 6.04. The van der Waals surface area contributed by atoms with E-state index in [9.17, 15) is 13.6 Å². The highest BCUT2D eigenvalue weighted by atomic mass is 19.2. The van der Waals surface area contributed by atoms with Gasteiger partial charge in [-0.25, -0.2) is 18.7 Å². The Hall–Kier alpha value is -4.40. The first-order valence-electron chi connectivity index (χ1n) is 9.75. The number of aromatic nitrogens is 4. The van der Waals surface area contributed by atoms with E-state index < -0.39 is 11.6 Å². The first-order valence-corrected chi connectivity index (χ1v) is 9.75. The van der Waals surface area contributed by atoms with Crippen molar-refractivity contribution in [2.45, 2.75) is 6.54 Å². The molecule has 0 spiro atoms. The van der Waals surface area contributed by atoms with Gasteiger partial charge >= 0.3 is 0 Å². The van der Waals surface area contributed by atoms with Gasteiger partial charge in [-0.05, 0) is 23.8 Å². The Kier molecular flexibility index (Phi) is 4.91.